The molecule has 0 radical (unpaired) electrons. The van der Waals surface area contributed by atoms with Gasteiger partial charge in [0.15, 0.2) is 0 Å². The quantitative estimate of drug-likeness (QED) is 0.402. The van der Waals surface area contributed by atoms with E-state index in [1.54, 1.807) is 24.3 Å². The number of anilines is 1. The fourth-order valence-corrected chi connectivity index (χ4v) is 4.36. The number of aliphatic carboxylic acids is 1. The number of nitrogens with one attached hydrogen (secondary N) is 2. The van der Waals surface area contributed by atoms with E-state index in [2.05, 4.69) is 17.6 Å². The zero-order valence-corrected chi connectivity index (χ0v) is 19.5. The first-order valence-electron chi connectivity index (χ1n) is 11.8. The van der Waals surface area contributed by atoms with E-state index in [1.807, 2.05) is 17.0 Å². The van der Waals surface area contributed by atoms with Crippen LogP contribution in [0.1, 0.15) is 61.4 Å². The molecular formula is C26H33N3O5. The molecule has 8 heteroatoms. The van der Waals surface area contributed by atoms with Crippen LogP contribution in [0.25, 0.3) is 0 Å². The van der Waals surface area contributed by atoms with Gasteiger partial charge in [0, 0.05) is 30.4 Å². The molecule has 3 amide bonds. The second-order valence-electron chi connectivity index (χ2n) is 8.84. The van der Waals surface area contributed by atoms with Crippen molar-refractivity contribution >= 4 is 23.6 Å². The second kappa shape index (κ2) is 12.1. The Balaban J connectivity index is 1.71. The van der Waals surface area contributed by atoms with Gasteiger partial charge in [-0.05, 0) is 67.6 Å². The number of carbonyl (C=O) groups is 3. The lowest BCUT2D eigenvalue weighted by Gasteiger charge is -2.37. The van der Waals surface area contributed by atoms with Crippen molar-refractivity contribution < 1.29 is 24.6 Å². The van der Waals surface area contributed by atoms with Crippen LogP contribution in [0.4, 0.5) is 10.5 Å². The highest BCUT2D eigenvalue weighted by Gasteiger charge is 2.28. The van der Waals surface area contributed by atoms with Crippen LogP contribution in [0, 0.1) is 5.92 Å². The first-order chi connectivity index (χ1) is 16.3. The summed E-state index contributed by atoms with van der Waals surface area (Å²) in [5, 5.41) is 23.7. The molecule has 0 aliphatic heterocycles. The van der Waals surface area contributed by atoms with Crippen LogP contribution in [-0.4, -0.2) is 45.6 Å². The summed E-state index contributed by atoms with van der Waals surface area (Å²) < 4.78 is 0. The fourth-order valence-electron chi connectivity index (χ4n) is 4.36. The monoisotopic (exact) mass is 467 g/mol. The van der Waals surface area contributed by atoms with Crippen molar-refractivity contribution in [1.82, 2.24) is 10.2 Å². The molecule has 1 aliphatic rings. The van der Waals surface area contributed by atoms with Crippen molar-refractivity contribution in [2.75, 3.05) is 11.9 Å². The number of nitrogens with zero attached hydrogens (tertiary/aromatic N) is 1. The SMILES string of the molecule is C[C@@H](C1CCCCC1)N(Cc1ccc(C(=O)NCCC(=O)O)cc1)C(=O)Nc1ccc(O)cc1. The Labute approximate surface area is 200 Å². The third kappa shape index (κ3) is 7.23. The summed E-state index contributed by atoms with van der Waals surface area (Å²) in [6.45, 7) is 2.55. The number of carbonyl (C=O) groups excluding carboxylic acids is 2. The van der Waals surface area contributed by atoms with Gasteiger partial charge in [0.05, 0.1) is 6.42 Å². The van der Waals surface area contributed by atoms with E-state index in [9.17, 15) is 19.5 Å². The molecule has 0 heterocycles. The minimum atomic E-state index is -0.964. The van der Waals surface area contributed by atoms with E-state index < -0.39 is 5.97 Å². The summed E-state index contributed by atoms with van der Waals surface area (Å²) in [5.74, 6) is -0.727. The van der Waals surface area contributed by atoms with E-state index in [4.69, 9.17) is 5.11 Å². The van der Waals surface area contributed by atoms with Crippen molar-refractivity contribution in [2.24, 2.45) is 5.92 Å². The molecule has 0 bridgehead atoms. The van der Waals surface area contributed by atoms with Gasteiger partial charge < -0.3 is 25.7 Å². The molecule has 8 nitrogen and oxygen atoms in total. The largest absolute Gasteiger partial charge is 0.508 e. The minimum absolute atomic E-state index is 0.0383. The topological polar surface area (TPSA) is 119 Å². The molecule has 1 aliphatic carbocycles. The Hall–Kier alpha value is -3.55. The second-order valence-corrected chi connectivity index (χ2v) is 8.84. The molecule has 1 fully saturated rings. The van der Waals surface area contributed by atoms with Gasteiger partial charge >= 0.3 is 12.0 Å². The van der Waals surface area contributed by atoms with Crippen LogP contribution in [0.5, 0.6) is 5.75 Å². The number of carboxylic acids is 1. The highest BCUT2D eigenvalue weighted by Crippen LogP contribution is 2.30. The molecule has 2 aromatic rings. The lowest BCUT2D eigenvalue weighted by Crippen LogP contribution is -2.45. The van der Waals surface area contributed by atoms with Gasteiger partial charge in [-0.3, -0.25) is 9.59 Å². The summed E-state index contributed by atoms with van der Waals surface area (Å²) in [7, 11) is 0. The van der Waals surface area contributed by atoms with E-state index >= 15 is 0 Å². The maximum absolute atomic E-state index is 13.3. The number of hydrogen-bond donors (Lipinski definition) is 4. The van der Waals surface area contributed by atoms with Gasteiger partial charge in [-0.15, -0.1) is 0 Å². The van der Waals surface area contributed by atoms with Crippen LogP contribution in [0.3, 0.4) is 0 Å². The van der Waals surface area contributed by atoms with Crippen molar-refractivity contribution in [3.63, 3.8) is 0 Å². The molecule has 0 aromatic heterocycles. The van der Waals surface area contributed by atoms with Gasteiger partial charge in [-0.2, -0.15) is 0 Å². The summed E-state index contributed by atoms with van der Waals surface area (Å²) >= 11 is 0. The third-order valence-electron chi connectivity index (χ3n) is 6.40. The molecule has 34 heavy (non-hydrogen) atoms. The van der Waals surface area contributed by atoms with Gasteiger partial charge in [0.1, 0.15) is 5.75 Å². The molecule has 4 N–H and O–H groups in total. The Bertz CT molecular complexity index is 969. The predicted molar refractivity (Wildman–Crippen MR) is 130 cm³/mol. The number of phenolic OH excluding ortho intramolecular Hbond substituents is 1. The summed E-state index contributed by atoms with van der Waals surface area (Å²) in [6.07, 6.45) is 5.65. The predicted octanol–water partition coefficient (Wildman–Crippen LogP) is 4.60. The van der Waals surface area contributed by atoms with Crippen LogP contribution >= 0.6 is 0 Å². The molecule has 0 spiro atoms. The van der Waals surface area contributed by atoms with Crippen molar-refractivity contribution in [1.29, 1.82) is 0 Å². The Morgan fingerprint density at radius 1 is 1.00 bits per heavy atom. The average Bonchev–Trinajstić information content (AvgIpc) is 2.84. The number of urea groups is 1. The Kier molecular flexibility index (Phi) is 8.90. The lowest BCUT2D eigenvalue weighted by molar-refractivity contribution is -0.136. The number of amides is 3. The highest BCUT2D eigenvalue weighted by molar-refractivity contribution is 5.94. The van der Waals surface area contributed by atoms with Gasteiger partial charge in [-0.25, -0.2) is 4.79 Å². The summed E-state index contributed by atoms with van der Waals surface area (Å²) in [4.78, 5) is 37.9. The number of hydrogen-bond acceptors (Lipinski definition) is 4. The molecule has 1 atom stereocenters. The van der Waals surface area contributed by atoms with E-state index in [-0.39, 0.29) is 36.7 Å². The Morgan fingerprint density at radius 3 is 2.26 bits per heavy atom. The smallest absolute Gasteiger partial charge is 0.322 e. The number of phenols is 1. The van der Waals surface area contributed by atoms with Gasteiger partial charge in [-0.1, -0.05) is 31.4 Å². The van der Waals surface area contributed by atoms with E-state index in [1.165, 1.54) is 31.4 Å². The van der Waals surface area contributed by atoms with Gasteiger partial charge in [0.25, 0.3) is 5.91 Å². The van der Waals surface area contributed by atoms with Crippen LogP contribution in [-0.2, 0) is 11.3 Å². The zero-order valence-electron chi connectivity index (χ0n) is 19.5. The first kappa shape index (κ1) is 25.1. The standard InChI is InChI=1S/C26H33N3O5/c1-18(20-5-3-2-4-6-20)29(26(34)28-22-11-13-23(30)14-12-22)17-19-7-9-21(10-8-19)25(33)27-16-15-24(31)32/h7-14,18,20,30H,2-6,15-17H2,1H3,(H,27,33)(H,28,34)(H,31,32)/t18-/m0/s1. The van der Waals surface area contributed by atoms with Crippen LogP contribution in [0.15, 0.2) is 48.5 Å². The lowest BCUT2D eigenvalue weighted by atomic mass is 9.84. The maximum atomic E-state index is 13.3. The molecule has 0 saturated heterocycles. The van der Waals surface area contributed by atoms with E-state index in [0.717, 1.165) is 18.4 Å². The summed E-state index contributed by atoms with van der Waals surface area (Å²) in [6, 6.07) is 13.2. The highest BCUT2D eigenvalue weighted by atomic mass is 16.4. The third-order valence-corrected chi connectivity index (χ3v) is 6.40. The average molecular weight is 468 g/mol. The molecule has 1 saturated carbocycles. The van der Waals surface area contributed by atoms with E-state index in [0.29, 0.717) is 23.7 Å². The Morgan fingerprint density at radius 2 is 1.65 bits per heavy atom. The molecule has 182 valence electrons. The van der Waals surface area contributed by atoms with Crippen molar-refractivity contribution in [3.05, 3.63) is 59.7 Å². The first-order valence-corrected chi connectivity index (χ1v) is 11.8. The fraction of sp³-hybridized carbons (Fsp3) is 0.423. The minimum Gasteiger partial charge on any atom is -0.508 e. The number of rotatable bonds is 9. The maximum Gasteiger partial charge on any atom is 0.322 e. The number of benzene rings is 2. The molecular weight excluding hydrogens is 434 g/mol. The number of aromatic hydroxyl groups is 1. The van der Waals surface area contributed by atoms with Gasteiger partial charge in [0.2, 0.25) is 0 Å². The van der Waals surface area contributed by atoms with Crippen LogP contribution < -0.4 is 10.6 Å². The normalized spacial score (nSPS) is 14.7. The van der Waals surface area contributed by atoms with Crippen molar-refractivity contribution in [2.45, 2.75) is 58.0 Å². The van der Waals surface area contributed by atoms with Crippen molar-refractivity contribution in [3.8, 4) is 5.75 Å². The molecule has 3 rings (SSSR count). The molecule has 0 unspecified atom stereocenters. The van der Waals surface area contributed by atoms with Crippen LogP contribution in [0.2, 0.25) is 0 Å². The summed E-state index contributed by atoms with van der Waals surface area (Å²) in [5.41, 5.74) is 1.94. The number of carboxylic acid groups (broad SMARTS) is 1. The zero-order chi connectivity index (χ0) is 24.5. The molecule has 2 aromatic carbocycles.